The molecule has 1 unspecified atom stereocenters. The lowest BCUT2D eigenvalue weighted by Crippen LogP contribution is -2.40. The van der Waals surface area contributed by atoms with Crippen molar-refractivity contribution in [3.63, 3.8) is 0 Å². The highest BCUT2D eigenvalue weighted by Gasteiger charge is 2.18. The lowest BCUT2D eigenvalue weighted by molar-refractivity contribution is 0.457. The third kappa shape index (κ3) is 2.65. The number of nitrogens with one attached hydrogen (secondary N) is 1. The molecule has 2 heteroatoms. The Balaban J connectivity index is 3.83. The summed E-state index contributed by atoms with van der Waals surface area (Å²) in [5.41, 5.74) is -0.381. The summed E-state index contributed by atoms with van der Waals surface area (Å²) in [6.07, 6.45) is 2.57. The van der Waals surface area contributed by atoms with Crippen molar-refractivity contribution in [1.82, 2.24) is 5.32 Å². The molecule has 0 saturated heterocycles. The number of hydrogen-bond donors (Lipinski definition) is 1. The molecule has 10 heavy (non-hydrogen) atoms. The van der Waals surface area contributed by atoms with Crippen LogP contribution in [0.15, 0.2) is 12.7 Å². The number of nitriles is 1. The third-order valence-corrected chi connectivity index (χ3v) is 1.59. The quantitative estimate of drug-likeness (QED) is 0.597. The molecule has 0 aromatic rings. The van der Waals surface area contributed by atoms with E-state index in [1.165, 1.54) is 0 Å². The van der Waals surface area contributed by atoms with Crippen molar-refractivity contribution in [2.24, 2.45) is 0 Å². The van der Waals surface area contributed by atoms with Gasteiger partial charge in [0.2, 0.25) is 0 Å². The normalized spacial score (nSPS) is 15.3. The van der Waals surface area contributed by atoms with E-state index in [1.54, 1.807) is 6.08 Å². The van der Waals surface area contributed by atoms with Crippen LogP contribution >= 0.6 is 0 Å². The maximum atomic E-state index is 8.67. The zero-order valence-electron chi connectivity index (χ0n) is 6.65. The summed E-state index contributed by atoms with van der Waals surface area (Å²) in [5.74, 6) is 0. The van der Waals surface area contributed by atoms with Crippen LogP contribution in [0.2, 0.25) is 0 Å². The van der Waals surface area contributed by atoms with Crippen molar-refractivity contribution in [2.45, 2.75) is 25.8 Å². The number of rotatable bonds is 4. The van der Waals surface area contributed by atoms with Crippen LogP contribution in [-0.4, -0.2) is 12.1 Å². The van der Waals surface area contributed by atoms with Gasteiger partial charge < -0.3 is 0 Å². The molecule has 0 aromatic heterocycles. The van der Waals surface area contributed by atoms with Crippen molar-refractivity contribution >= 4 is 0 Å². The molecule has 56 valence electrons. The van der Waals surface area contributed by atoms with Gasteiger partial charge in [-0.15, -0.1) is 6.58 Å². The summed E-state index contributed by atoms with van der Waals surface area (Å²) < 4.78 is 0. The second-order valence-electron chi connectivity index (χ2n) is 2.47. The average molecular weight is 138 g/mol. The van der Waals surface area contributed by atoms with Gasteiger partial charge in [-0.2, -0.15) is 5.26 Å². The molecule has 0 aromatic carbocycles. The molecular formula is C8H14N2. The van der Waals surface area contributed by atoms with Gasteiger partial charge in [0.1, 0.15) is 5.54 Å². The van der Waals surface area contributed by atoms with Crippen LogP contribution in [0.25, 0.3) is 0 Å². The van der Waals surface area contributed by atoms with Crippen LogP contribution in [0.4, 0.5) is 0 Å². The Hall–Kier alpha value is -0.810. The maximum Gasteiger partial charge on any atom is 0.103 e. The van der Waals surface area contributed by atoms with E-state index in [2.05, 4.69) is 18.0 Å². The monoisotopic (exact) mass is 138 g/mol. The Bertz CT molecular complexity index is 146. The van der Waals surface area contributed by atoms with Crippen LogP contribution < -0.4 is 5.32 Å². The topological polar surface area (TPSA) is 35.8 Å². The Morgan fingerprint density at radius 2 is 2.40 bits per heavy atom. The fourth-order valence-electron chi connectivity index (χ4n) is 0.541. The van der Waals surface area contributed by atoms with E-state index in [-0.39, 0.29) is 5.54 Å². The van der Waals surface area contributed by atoms with Crippen LogP contribution in [0.1, 0.15) is 20.3 Å². The van der Waals surface area contributed by atoms with Crippen molar-refractivity contribution in [3.05, 3.63) is 12.7 Å². The van der Waals surface area contributed by atoms with Gasteiger partial charge in [0, 0.05) is 6.54 Å². The molecule has 1 N–H and O–H groups in total. The minimum absolute atomic E-state index is 0.381. The summed E-state index contributed by atoms with van der Waals surface area (Å²) in [6, 6.07) is 2.20. The maximum absolute atomic E-state index is 8.67. The van der Waals surface area contributed by atoms with Crippen LogP contribution in [-0.2, 0) is 0 Å². The second-order valence-corrected chi connectivity index (χ2v) is 2.47. The van der Waals surface area contributed by atoms with E-state index in [0.717, 1.165) is 6.42 Å². The second kappa shape index (κ2) is 4.08. The van der Waals surface area contributed by atoms with E-state index in [9.17, 15) is 0 Å². The zero-order chi connectivity index (χ0) is 8.04. The van der Waals surface area contributed by atoms with Crippen molar-refractivity contribution < 1.29 is 0 Å². The molecule has 0 aliphatic carbocycles. The summed E-state index contributed by atoms with van der Waals surface area (Å²) >= 11 is 0. The molecule has 0 amide bonds. The first-order valence-corrected chi connectivity index (χ1v) is 3.45. The molecule has 0 saturated carbocycles. The standard InChI is InChI=1S/C8H14N2/c1-4-6-10-8(3,5-2)7-9/h4,10H,1,5-6H2,2-3H3. The van der Waals surface area contributed by atoms with Crippen molar-refractivity contribution in [3.8, 4) is 6.07 Å². The predicted octanol–water partition coefficient (Wildman–Crippen LogP) is 1.45. The van der Waals surface area contributed by atoms with Crippen LogP contribution in [0.3, 0.4) is 0 Å². The molecule has 0 rings (SSSR count). The van der Waals surface area contributed by atoms with Crippen molar-refractivity contribution in [2.75, 3.05) is 6.54 Å². The lowest BCUT2D eigenvalue weighted by Gasteiger charge is -2.19. The van der Waals surface area contributed by atoms with Gasteiger partial charge in [0.25, 0.3) is 0 Å². The van der Waals surface area contributed by atoms with Gasteiger partial charge in [-0.3, -0.25) is 5.32 Å². The lowest BCUT2D eigenvalue weighted by atomic mass is 10.0. The molecule has 0 aliphatic heterocycles. The molecule has 0 bridgehead atoms. The van der Waals surface area contributed by atoms with Crippen LogP contribution in [0, 0.1) is 11.3 Å². The smallest absolute Gasteiger partial charge is 0.103 e. The average Bonchev–Trinajstić information content (AvgIpc) is 2.00. The highest BCUT2D eigenvalue weighted by atomic mass is 14.9. The van der Waals surface area contributed by atoms with Gasteiger partial charge in [-0.1, -0.05) is 13.0 Å². The molecular weight excluding hydrogens is 124 g/mol. The zero-order valence-corrected chi connectivity index (χ0v) is 6.65. The van der Waals surface area contributed by atoms with E-state index < -0.39 is 0 Å². The van der Waals surface area contributed by atoms with Crippen LogP contribution in [0.5, 0.6) is 0 Å². The Morgan fingerprint density at radius 3 is 2.70 bits per heavy atom. The highest BCUT2D eigenvalue weighted by Crippen LogP contribution is 2.05. The van der Waals surface area contributed by atoms with Gasteiger partial charge in [0.15, 0.2) is 0 Å². The molecule has 2 nitrogen and oxygen atoms in total. The molecule has 0 aliphatic rings. The fraction of sp³-hybridized carbons (Fsp3) is 0.625. The van der Waals surface area contributed by atoms with E-state index in [4.69, 9.17) is 5.26 Å². The first-order chi connectivity index (χ1) is 4.68. The predicted molar refractivity (Wildman–Crippen MR) is 42.5 cm³/mol. The fourth-order valence-corrected chi connectivity index (χ4v) is 0.541. The van der Waals surface area contributed by atoms with E-state index in [0.29, 0.717) is 6.54 Å². The minimum atomic E-state index is -0.381. The van der Waals surface area contributed by atoms with Gasteiger partial charge in [0.05, 0.1) is 6.07 Å². The number of hydrogen-bond acceptors (Lipinski definition) is 2. The number of nitrogens with zero attached hydrogens (tertiary/aromatic N) is 1. The van der Waals surface area contributed by atoms with Gasteiger partial charge >= 0.3 is 0 Å². The molecule has 0 radical (unpaired) electrons. The van der Waals surface area contributed by atoms with E-state index >= 15 is 0 Å². The molecule has 0 spiro atoms. The highest BCUT2D eigenvalue weighted by molar-refractivity contribution is 5.03. The Labute approximate surface area is 62.5 Å². The van der Waals surface area contributed by atoms with Crippen molar-refractivity contribution in [1.29, 1.82) is 5.26 Å². The SMILES string of the molecule is C=CCNC(C)(C#N)CC. The first-order valence-electron chi connectivity index (χ1n) is 3.45. The Kier molecular flexibility index (Phi) is 3.75. The molecule has 0 heterocycles. The van der Waals surface area contributed by atoms with Gasteiger partial charge in [-0.05, 0) is 13.3 Å². The van der Waals surface area contributed by atoms with E-state index in [1.807, 2.05) is 13.8 Å². The first kappa shape index (κ1) is 9.19. The Morgan fingerprint density at radius 1 is 1.80 bits per heavy atom. The van der Waals surface area contributed by atoms with Gasteiger partial charge in [-0.25, -0.2) is 0 Å². The largest absolute Gasteiger partial charge is 0.296 e. The summed E-state index contributed by atoms with van der Waals surface area (Å²) in [5, 5.41) is 11.7. The third-order valence-electron chi connectivity index (χ3n) is 1.59. The summed E-state index contributed by atoms with van der Waals surface area (Å²) in [6.45, 7) is 8.12. The molecule has 1 atom stereocenters. The summed E-state index contributed by atoms with van der Waals surface area (Å²) in [7, 11) is 0. The minimum Gasteiger partial charge on any atom is -0.296 e. The summed E-state index contributed by atoms with van der Waals surface area (Å²) in [4.78, 5) is 0. The molecule has 0 fully saturated rings.